The van der Waals surface area contributed by atoms with E-state index in [0.717, 1.165) is 16.2 Å². The van der Waals surface area contributed by atoms with Gasteiger partial charge in [0.05, 0.1) is 18.0 Å². The highest BCUT2D eigenvalue weighted by Gasteiger charge is 2.22. The lowest BCUT2D eigenvalue weighted by Gasteiger charge is -2.24. The first kappa shape index (κ1) is 23.9. The van der Waals surface area contributed by atoms with Crippen molar-refractivity contribution < 1.29 is 13.2 Å². The van der Waals surface area contributed by atoms with Crippen LogP contribution in [-0.4, -0.2) is 19.2 Å². The van der Waals surface area contributed by atoms with Crippen LogP contribution in [0.15, 0.2) is 113 Å². The molecule has 0 amide bonds. The molecule has 34 heavy (non-hydrogen) atoms. The summed E-state index contributed by atoms with van der Waals surface area (Å²) < 4.78 is 33.3. The van der Waals surface area contributed by atoms with E-state index in [9.17, 15) is 8.42 Å². The maximum absolute atomic E-state index is 12.9. The second kappa shape index (κ2) is 11.2. The fourth-order valence-corrected chi connectivity index (χ4v) is 5.76. The van der Waals surface area contributed by atoms with Gasteiger partial charge < -0.3 is 4.74 Å². The van der Waals surface area contributed by atoms with Crippen LogP contribution in [0.3, 0.4) is 0 Å². The highest BCUT2D eigenvalue weighted by atomic mass is 32.2. The van der Waals surface area contributed by atoms with Crippen molar-refractivity contribution in [2.45, 2.75) is 29.7 Å². The average Bonchev–Trinajstić information content (AvgIpc) is 2.86. The second-order valence-corrected chi connectivity index (χ2v) is 10.8. The molecule has 174 valence electrons. The smallest absolute Gasteiger partial charge is 0.235 e. The number of aromatic nitrogens is 1. The minimum Gasteiger partial charge on any atom is -0.457 e. The summed E-state index contributed by atoms with van der Waals surface area (Å²) in [7, 11) is -3.46. The van der Waals surface area contributed by atoms with E-state index in [1.165, 1.54) is 9.20 Å². The van der Waals surface area contributed by atoms with E-state index in [1.807, 2.05) is 55.5 Å². The molecule has 1 aromatic heterocycles. The number of hydrogen-bond donors (Lipinski definition) is 0. The molecule has 0 fully saturated rings. The lowest BCUT2D eigenvalue weighted by atomic mass is 10.2. The molecule has 4 aromatic rings. The quantitative estimate of drug-likeness (QED) is 0.245. The summed E-state index contributed by atoms with van der Waals surface area (Å²) in [5, 5.41) is 0. The predicted octanol–water partition coefficient (Wildman–Crippen LogP) is 6.77. The third-order valence-corrected chi connectivity index (χ3v) is 7.96. The molecule has 0 radical (unpaired) electrons. The van der Waals surface area contributed by atoms with E-state index >= 15 is 0 Å². The maximum atomic E-state index is 12.9. The van der Waals surface area contributed by atoms with Crippen LogP contribution < -0.4 is 9.04 Å². The molecule has 0 saturated heterocycles. The fourth-order valence-electron chi connectivity index (χ4n) is 3.39. The van der Waals surface area contributed by atoms with Gasteiger partial charge in [-0.1, -0.05) is 43.0 Å². The van der Waals surface area contributed by atoms with Gasteiger partial charge in [-0.05, 0) is 78.7 Å². The normalized spacial score (nSPS) is 11.2. The second-order valence-electron chi connectivity index (χ2n) is 7.67. The molecule has 5 nitrogen and oxygen atoms in total. The van der Waals surface area contributed by atoms with Crippen LogP contribution in [0.1, 0.15) is 18.9 Å². The lowest BCUT2D eigenvalue weighted by molar-refractivity contribution is 0.482. The minimum atomic E-state index is -3.46. The topological polar surface area (TPSA) is 59.5 Å². The van der Waals surface area contributed by atoms with Gasteiger partial charge in [-0.3, -0.25) is 9.29 Å². The number of sulfonamides is 1. The molecule has 0 aliphatic rings. The molecule has 0 atom stereocenters. The first-order chi connectivity index (χ1) is 16.5. The summed E-state index contributed by atoms with van der Waals surface area (Å²) in [5.74, 6) is 1.44. The number of nitrogens with zero attached hydrogens (tertiary/aromatic N) is 2. The Hall–Kier alpha value is -3.29. The molecule has 0 spiro atoms. The Morgan fingerprint density at radius 1 is 0.824 bits per heavy atom. The van der Waals surface area contributed by atoms with Gasteiger partial charge in [-0.25, -0.2) is 8.42 Å². The monoisotopic (exact) mass is 490 g/mol. The summed E-state index contributed by atoms with van der Waals surface area (Å²) in [6, 6.07) is 28.9. The number of rotatable bonds is 10. The predicted molar refractivity (Wildman–Crippen MR) is 138 cm³/mol. The van der Waals surface area contributed by atoms with Crippen LogP contribution in [-0.2, 0) is 16.6 Å². The highest BCUT2D eigenvalue weighted by Crippen LogP contribution is 2.31. The van der Waals surface area contributed by atoms with Crippen LogP contribution >= 0.6 is 11.8 Å². The van der Waals surface area contributed by atoms with E-state index in [0.29, 0.717) is 17.9 Å². The van der Waals surface area contributed by atoms with Crippen molar-refractivity contribution in [3.63, 3.8) is 0 Å². The van der Waals surface area contributed by atoms with E-state index < -0.39 is 10.0 Å². The number of pyridine rings is 1. The van der Waals surface area contributed by atoms with Crippen molar-refractivity contribution in [2.75, 3.05) is 10.1 Å². The lowest BCUT2D eigenvalue weighted by Crippen LogP contribution is -2.32. The number of benzene rings is 3. The Kier molecular flexibility index (Phi) is 7.87. The Bertz CT molecular complexity index is 1280. The number of anilines is 1. The maximum Gasteiger partial charge on any atom is 0.235 e. The Balaban J connectivity index is 1.47. The van der Waals surface area contributed by atoms with E-state index in [-0.39, 0.29) is 12.3 Å². The Morgan fingerprint density at radius 3 is 2.09 bits per heavy atom. The molecular weight excluding hydrogens is 464 g/mol. The summed E-state index contributed by atoms with van der Waals surface area (Å²) in [6.07, 6.45) is 3.91. The van der Waals surface area contributed by atoms with Crippen LogP contribution in [0, 0.1) is 0 Å². The molecule has 3 aromatic carbocycles. The summed E-state index contributed by atoms with van der Waals surface area (Å²) >= 11 is 1.69. The molecule has 0 bridgehead atoms. The number of ether oxygens (including phenoxy) is 1. The Morgan fingerprint density at radius 2 is 1.47 bits per heavy atom. The van der Waals surface area contributed by atoms with Crippen LogP contribution in [0.5, 0.6) is 11.5 Å². The van der Waals surface area contributed by atoms with Crippen LogP contribution in [0.4, 0.5) is 5.69 Å². The summed E-state index contributed by atoms with van der Waals surface area (Å²) in [4.78, 5) is 6.41. The first-order valence-corrected chi connectivity index (χ1v) is 13.5. The molecule has 0 N–H and O–H groups in total. The third kappa shape index (κ3) is 6.40. The van der Waals surface area contributed by atoms with E-state index in [1.54, 1.807) is 54.5 Å². The van der Waals surface area contributed by atoms with Crippen LogP contribution in [0.25, 0.3) is 0 Å². The van der Waals surface area contributed by atoms with E-state index in [2.05, 4.69) is 17.1 Å². The van der Waals surface area contributed by atoms with Gasteiger partial charge in [0, 0.05) is 22.2 Å². The molecule has 0 saturated carbocycles. The fraction of sp³-hybridized carbons (Fsp3) is 0.148. The van der Waals surface area contributed by atoms with Gasteiger partial charge in [-0.2, -0.15) is 0 Å². The van der Waals surface area contributed by atoms with Crippen molar-refractivity contribution in [2.24, 2.45) is 0 Å². The van der Waals surface area contributed by atoms with Gasteiger partial charge in [-0.15, -0.1) is 0 Å². The van der Waals surface area contributed by atoms with Crippen molar-refractivity contribution in [1.29, 1.82) is 0 Å². The zero-order valence-electron chi connectivity index (χ0n) is 18.9. The van der Waals surface area contributed by atoms with E-state index in [4.69, 9.17) is 4.74 Å². The molecular formula is C27H26N2O3S2. The van der Waals surface area contributed by atoms with Crippen molar-refractivity contribution in [1.82, 2.24) is 4.98 Å². The zero-order chi connectivity index (χ0) is 23.8. The zero-order valence-corrected chi connectivity index (χ0v) is 20.5. The molecule has 0 unspecified atom stereocenters. The van der Waals surface area contributed by atoms with Crippen molar-refractivity contribution in [3.8, 4) is 11.5 Å². The highest BCUT2D eigenvalue weighted by molar-refractivity contribution is 7.99. The molecule has 0 aliphatic heterocycles. The van der Waals surface area contributed by atoms with Gasteiger partial charge in [0.25, 0.3) is 0 Å². The van der Waals surface area contributed by atoms with Crippen molar-refractivity contribution in [3.05, 3.63) is 109 Å². The molecule has 0 aliphatic carbocycles. The summed E-state index contributed by atoms with van der Waals surface area (Å²) in [6.45, 7) is 2.09. The minimum absolute atomic E-state index is 0.0822. The first-order valence-electron chi connectivity index (χ1n) is 11.0. The Labute approximate surface area is 205 Å². The van der Waals surface area contributed by atoms with Crippen molar-refractivity contribution >= 4 is 27.5 Å². The number of hydrogen-bond acceptors (Lipinski definition) is 5. The molecule has 7 heteroatoms. The van der Waals surface area contributed by atoms with Gasteiger partial charge in [0.2, 0.25) is 10.0 Å². The van der Waals surface area contributed by atoms with Gasteiger partial charge >= 0.3 is 0 Å². The average molecular weight is 491 g/mol. The molecule has 4 rings (SSSR count). The summed E-state index contributed by atoms with van der Waals surface area (Å²) in [5.41, 5.74) is 1.43. The van der Waals surface area contributed by atoms with Crippen LogP contribution in [0.2, 0.25) is 0 Å². The third-order valence-electron chi connectivity index (χ3n) is 5.01. The standard InChI is InChI=1S/C27H26N2O3S2/c1-2-19-34(30,31)29(21-22-7-6-18-28-20-22)23-10-12-24(13-11-23)32-25-14-16-27(17-15-25)33-26-8-4-3-5-9-26/h3-18,20H,2,19,21H2,1H3. The van der Waals surface area contributed by atoms with Gasteiger partial charge in [0.1, 0.15) is 11.5 Å². The molecule has 1 heterocycles. The van der Waals surface area contributed by atoms with Gasteiger partial charge in [0.15, 0.2) is 0 Å². The SMILES string of the molecule is CCCS(=O)(=O)N(Cc1cccnc1)c1ccc(Oc2ccc(Sc3ccccc3)cc2)cc1. The largest absolute Gasteiger partial charge is 0.457 e.